The summed E-state index contributed by atoms with van der Waals surface area (Å²) in [6, 6.07) is 12.8. The van der Waals surface area contributed by atoms with Crippen LogP contribution in [0.3, 0.4) is 0 Å². The SMILES string of the molecule is CC1CC(CC(=O)Cc2ccc(Cl)cc2F)C(=O)N1c1ccc(-c2ccccc2P(C)(C)=O)c(F)c1F. The van der Waals surface area contributed by atoms with E-state index < -0.39 is 42.5 Å². The normalized spacial score (nSPS) is 17.9. The molecule has 0 aromatic heterocycles. The number of rotatable bonds is 7. The Hall–Kier alpha value is -2.89. The second-order valence-electron chi connectivity index (χ2n) is 9.77. The Kier molecular flexibility index (Phi) is 7.68. The number of nitrogens with zero attached hydrogens (tertiary/aromatic N) is 1. The van der Waals surface area contributed by atoms with E-state index in [-0.39, 0.29) is 46.9 Å². The van der Waals surface area contributed by atoms with Crippen molar-refractivity contribution in [3.63, 3.8) is 0 Å². The number of hydrogen-bond donors (Lipinski definition) is 0. The van der Waals surface area contributed by atoms with Crippen molar-refractivity contribution in [3.8, 4) is 11.1 Å². The van der Waals surface area contributed by atoms with Crippen molar-refractivity contribution in [3.05, 3.63) is 82.6 Å². The Bertz CT molecular complexity index is 1440. The summed E-state index contributed by atoms with van der Waals surface area (Å²) in [6.45, 7) is 4.82. The predicted octanol–water partition coefficient (Wildman–Crippen LogP) is 6.62. The van der Waals surface area contributed by atoms with Gasteiger partial charge in [0.25, 0.3) is 0 Å². The standard InChI is InChI=1S/C28H26ClF3NO3P/c1-16-12-18(14-20(34)13-17-8-9-19(29)15-23(17)30)28(35)33(16)24-11-10-22(26(31)27(24)32)21-6-4-5-7-25(21)37(2,3)36/h4-11,15-16,18H,12-14H2,1-3H3. The molecule has 9 heteroatoms. The van der Waals surface area contributed by atoms with Crippen molar-refractivity contribution in [2.24, 2.45) is 5.92 Å². The second-order valence-corrected chi connectivity index (χ2v) is 13.4. The topological polar surface area (TPSA) is 54.5 Å². The lowest BCUT2D eigenvalue weighted by Crippen LogP contribution is -2.33. The Morgan fingerprint density at radius 2 is 1.73 bits per heavy atom. The summed E-state index contributed by atoms with van der Waals surface area (Å²) < 4.78 is 57.5. The molecule has 0 saturated carbocycles. The van der Waals surface area contributed by atoms with Gasteiger partial charge in [-0.05, 0) is 62.1 Å². The van der Waals surface area contributed by atoms with Crippen LogP contribution in [0.5, 0.6) is 0 Å². The summed E-state index contributed by atoms with van der Waals surface area (Å²) in [7, 11) is -2.78. The molecule has 0 bridgehead atoms. The van der Waals surface area contributed by atoms with E-state index in [1.54, 1.807) is 44.5 Å². The smallest absolute Gasteiger partial charge is 0.230 e. The van der Waals surface area contributed by atoms with Gasteiger partial charge in [-0.2, -0.15) is 0 Å². The van der Waals surface area contributed by atoms with E-state index in [4.69, 9.17) is 11.6 Å². The highest BCUT2D eigenvalue weighted by atomic mass is 35.5. The molecular weight excluding hydrogens is 522 g/mol. The molecule has 3 aromatic rings. The molecule has 1 aliphatic heterocycles. The van der Waals surface area contributed by atoms with Gasteiger partial charge in [-0.1, -0.05) is 41.9 Å². The molecule has 4 nitrogen and oxygen atoms in total. The van der Waals surface area contributed by atoms with E-state index in [9.17, 15) is 18.5 Å². The first kappa shape index (κ1) is 27.2. The number of ketones is 1. The number of halogens is 4. The highest BCUT2D eigenvalue weighted by Gasteiger charge is 2.40. The second kappa shape index (κ2) is 10.5. The maximum atomic E-state index is 15.4. The van der Waals surface area contributed by atoms with Crippen LogP contribution in [0.25, 0.3) is 11.1 Å². The minimum Gasteiger partial charge on any atom is -0.319 e. The van der Waals surface area contributed by atoms with Gasteiger partial charge in [-0.15, -0.1) is 0 Å². The fourth-order valence-electron chi connectivity index (χ4n) is 4.89. The number of amides is 1. The number of anilines is 1. The van der Waals surface area contributed by atoms with Crippen LogP contribution >= 0.6 is 18.7 Å². The molecular formula is C28H26ClF3NO3P. The average Bonchev–Trinajstić information content (AvgIpc) is 3.09. The fraction of sp³-hybridized carbons (Fsp3) is 0.286. The van der Waals surface area contributed by atoms with Crippen molar-refractivity contribution in [2.45, 2.75) is 32.2 Å². The zero-order chi connectivity index (χ0) is 27.1. The molecule has 2 atom stereocenters. The van der Waals surface area contributed by atoms with Crippen molar-refractivity contribution < 1.29 is 27.3 Å². The Morgan fingerprint density at radius 3 is 2.41 bits per heavy atom. The summed E-state index contributed by atoms with van der Waals surface area (Å²) in [5.74, 6) is -4.49. The highest BCUT2D eigenvalue weighted by molar-refractivity contribution is 7.70. The molecule has 0 radical (unpaired) electrons. The number of carbonyl (C=O) groups excluding carboxylic acids is 2. The molecule has 1 fully saturated rings. The summed E-state index contributed by atoms with van der Waals surface area (Å²) >= 11 is 5.75. The lowest BCUT2D eigenvalue weighted by molar-refractivity contribution is -0.125. The third kappa shape index (κ3) is 5.53. The molecule has 194 valence electrons. The number of Topliss-reactive ketones (excluding diaryl/α,β-unsaturated/α-hetero) is 1. The van der Waals surface area contributed by atoms with E-state index in [0.29, 0.717) is 10.9 Å². The maximum absolute atomic E-state index is 15.4. The highest BCUT2D eigenvalue weighted by Crippen LogP contribution is 2.41. The molecule has 1 aliphatic rings. The van der Waals surface area contributed by atoms with Crippen LogP contribution in [0.2, 0.25) is 5.02 Å². The predicted molar refractivity (Wildman–Crippen MR) is 141 cm³/mol. The molecule has 0 N–H and O–H groups in total. The average molecular weight is 548 g/mol. The number of carbonyl (C=O) groups is 2. The van der Waals surface area contributed by atoms with E-state index in [1.807, 2.05) is 0 Å². The summed E-state index contributed by atoms with van der Waals surface area (Å²) in [5.41, 5.74) is 0.248. The molecule has 0 spiro atoms. The number of hydrogen-bond acceptors (Lipinski definition) is 3. The quantitative estimate of drug-likeness (QED) is 0.313. The molecule has 0 aliphatic carbocycles. The van der Waals surface area contributed by atoms with Crippen molar-refractivity contribution in [1.29, 1.82) is 0 Å². The fourth-order valence-corrected chi connectivity index (χ4v) is 6.27. The third-order valence-electron chi connectivity index (χ3n) is 6.63. The molecule has 1 saturated heterocycles. The Balaban J connectivity index is 1.57. The van der Waals surface area contributed by atoms with Gasteiger partial charge in [0.1, 0.15) is 18.7 Å². The maximum Gasteiger partial charge on any atom is 0.230 e. The molecule has 37 heavy (non-hydrogen) atoms. The first-order chi connectivity index (χ1) is 17.4. The van der Waals surface area contributed by atoms with Gasteiger partial charge in [0, 0.05) is 40.7 Å². The monoisotopic (exact) mass is 547 g/mol. The molecule has 4 rings (SSSR count). The molecule has 2 unspecified atom stereocenters. The lowest BCUT2D eigenvalue weighted by Gasteiger charge is -2.23. The van der Waals surface area contributed by atoms with E-state index >= 15 is 8.78 Å². The summed E-state index contributed by atoms with van der Waals surface area (Å²) in [5, 5.41) is 0.647. The third-order valence-corrected chi connectivity index (χ3v) is 8.41. The first-order valence-corrected chi connectivity index (χ1v) is 14.8. The van der Waals surface area contributed by atoms with Crippen molar-refractivity contribution >= 4 is 41.4 Å². The van der Waals surface area contributed by atoms with Crippen LogP contribution in [0, 0.1) is 23.4 Å². The van der Waals surface area contributed by atoms with Gasteiger partial charge in [-0.3, -0.25) is 9.59 Å². The first-order valence-electron chi connectivity index (χ1n) is 11.8. The Labute approximate surface area is 218 Å². The minimum atomic E-state index is -2.78. The summed E-state index contributed by atoms with van der Waals surface area (Å²) in [4.78, 5) is 27.0. The van der Waals surface area contributed by atoms with Crippen LogP contribution in [0.4, 0.5) is 18.9 Å². The van der Waals surface area contributed by atoms with Crippen LogP contribution in [0.1, 0.15) is 25.3 Å². The molecule has 3 aromatic carbocycles. The van der Waals surface area contributed by atoms with E-state index in [1.165, 1.54) is 29.2 Å². The van der Waals surface area contributed by atoms with Gasteiger partial charge >= 0.3 is 0 Å². The van der Waals surface area contributed by atoms with E-state index in [0.717, 1.165) is 6.07 Å². The van der Waals surface area contributed by atoms with Gasteiger partial charge in [0.2, 0.25) is 5.91 Å². The van der Waals surface area contributed by atoms with E-state index in [2.05, 4.69) is 0 Å². The van der Waals surface area contributed by atoms with Crippen LogP contribution < -0.4 is 10.2 Å². The summed E-state index contributed by atoms with van der Waals surface area (Å²) in [6.07, 6.45) is -0.0648. The minimum absolute atomic E-state index is 0.0446. The van der Waals surface area contributed by atoms with Gasteiger partial charge < -0.3 is 9.46 Å². The van der Waals surface area contributed by atoms with Gasteiger partial charge in [-0.25, -0.2) is 13.2 Å². The van der Waals surface area contributed by atoms with Gasteiger partial charge in [0.15, 0.2) is 11.6 Å². The molecule has 1 heterocycles. The Morgan fingerprint density at radius 1 is 1.03 bits per heavy atom. The van der Waals surface area contributed by atoms with Crippen LogP contribution in [-0.2, 0) is 20.6 Å². The van der Waals surface area contributed by atoms with Crippen LogP contribution in [0.15, 0.2) is 54.6 Å². The molecule has 1 amide bonds. The zero-order valence-electron chi connectivity index (χ0n) is 20.6. The zero-order valence-corrected chi connectivity index (χ0v) is 22.3. The largest absolute Gasteiger partial charge is 0.319 e. The van der Waals surface area contributed by atoms with Crippen LogP contribution in [-0.4, -0.2) is 31.1 Å². The lowest BCUT2D eigenvalue weighted by atomic mass is 9.96. The number of benzene rings is 3. The van der Waals surface area contributed by atoms with Crippen molar-refractivity contribution in [1.82, 2.24) is 0 Å². The van der Waals surface area contributed by atoms with Gasteiger partial charge in [0.05, 0.1) is 5.69 Å². The van der Waals surface area contributed by atoms with Crippen molar-refractivity contribution in [2.75, 3.05) is 18.2 Å².